The fourth-order valence-electron chi connectivity index (χ4n) is 16.0. The van der Waals surface area contributed by atoms with Crippen LogP contribution < -0.4 is 26.2 Å². The smallest absolute Gasteiger partial charge is 0.252 e. The molecule has 2 aliphatic heterocycles. The summed E-state index contributed by atoms with van der Waals surface area (Å²) in [6.45, 7) is -0.245. The quantitative estimate of drug-likeness (QED) is 0.101. The van der Waals surface area contributed by atoms with Gasteiger partial charge in [-0.25, -0.2) is 9.97 Å². The van der Waals surface area contributed by atoms with E-state index in [4.69, 9.17) is 9.97 Å². The molecule has 20 rings (SSSR count). The summed E-state index contributed by atoms with van der Waals surface area (Å²) in [6.07, 6.45) is 0. The lowest BCUT2D eigenvalue weighted by Gasteiger charge is -2.45. The van der Waals surface area contributed by atoms with E-state index in [1.165, 1.54) is 59.5 Å². The standard InChI is InChI=1S/C96H61BN4/c1-7-25-62(26-8-1)72-47-73(63-27-9-2-10-28-63)51-83(50-72)96-98-89-42-24-23-41-86(89)95(99-96)82-60-92-94-93(61-82)101(85-54-76(66-33-15-5-16-34-66)49-77(55-85)67-35-17-6-18-36-67)91-59-81-46-71-40-22-20-38-69(71)44-79(81)57-88(91)97(94)87-56-78-43-68-37-19-21-39-70(68)45-80(78)58-90(87)100(92)84-52-74(64-29-11-3-12-30-64)48-75(53-84)65-31-13-4-14-32-65/h1-61H. The third-order valence-electron chi connectivity index (χ3n) is 20.8. The minimum Gasteiger partial charge on any atom is -0.311 e. The van der Waals surface area contributed by atoms with Crippen LogP contribution in [0, 0.1) is 0 Å². The van der Waals surface area contributed by atoms with E-state index in [9.17, 15) is 0 Å². The Morgan fingerprint density at radius 2 is 0.515 bits per heavy atom. The Kier molecular flexibility index (Phi) is 13.7. The monoisotopic (exact) mass is 1280 g/mol. The van der Waals surface area contributed by atoms with Gasteiger partial charge in [-0.05, 0) is 235 Å². The van der Waals surface area contributed by atoms with Crippen LogP contribution in [-0.4, -0.2) is 16.7 Å². The molecule has 0 atom stereocenters. The molecule has 0 radical (unpaired) electrons. The maximum absolute atomic E-state index is 5.96. The molecule has 0 saturated heterocycles. The Labute approximate surface area is 586 Å². The first-order valence-corrected chi connectivity index (χ1v) is 34.8. The average molecular weight is 1280 g/mol. The molecule has 468 valence electrons. The van der Waals surface area contributed by atoms with Crippen LogP contribution in [0.2, 0.25) is 0 Å². The molecule has 0 spiro atoms. The van der Waals surface area contributed by atoms with Crippen molar-refractivity contribution in [1.82, 2.24) is 9.97 Å². The lowest BCUT2D eigenvalue weighted by Crippen LogP contribution is -2.61. The van der Waals surface area contributed by atoms with Crippen LogP contribution in [0.3, 0.4) is 0 Å². The molecule has 18 aromatic rings. The topological polar surface area (TPSA) is 32.3 Å². The van der Waals surface area contributed by atoms with E-state index in [0.717, 1.165) is 129 Å². The largest absolute Gasteiger partial charge is 0.311 e. The Morgan fingerprint density at radius 3 is 0.881 bits per heavy atom. The van der Waals surface area contributed by atoms with Crippen LogP contribution in [0.25, 0.3) is 143 Å². The third-order valence-corrected chi connectivity index (χ3v) is 20.8. The Balaban J connectivity index is 0.942. The Bertz CT molecular complexity index is 5870. The van der Waals surface area contributed by atoms with Crippen LogP contribution in [0.15, 0.2) is 370 Å². The number of hydrogen-bond donors (Lipinski definition) is 0. The van der Waals surface area contributed by atoms with Crippen molar-refractivity contribution in [2.45, 2.75) is 0 Å². The number of fused-ring (bicyclic) bond motifs is 9. The van der Waals surface area contributed by atoms with Crippen LogP contribution in [0.4, 0.5) is 34.1 Å². The first-order valence-electron chi connectivity index (χ1n) is 34.8. The molecular weight excluding hydrogens is 1220 g/mol. The van der Waals surface area contributed by atoms with Crippen LogP contribution in [0.5, 0.6) is 0 Å². The summed E-state index contributed by atoms with van der Waals surface area (Å²) in [6, 6.07) is 137. The number of hydrogen-bond acceptors (Lipinski definition) is 4. The molecule has 3 heterocycles. The summed E-state index contributed by atoms with van der Waals surface area (Å²) < 4.78 is 0. The van der Waals surface area contributed by atoms with Crippen LogP contribution in [0.1, 0.15) is 0 Å². The molecule has 0 N–H and O–H groups in total. The highest BCUT2D eigenvalue weighted by atomic mass is 15.2. The zero-order chi connectivity index (χ0) is 66.5. The lowest BCUT2D eigenvalue weighted by molar-refractivity contribution is 1.22. The maximum atomic E-state index is 5.96. The molecule has 0 aliphatic carbocycles. The van der Waals surface area contributed by atoms with Crippen molar-refractivity contribution in [2.75, 3.05) is 9.80 Å². The van der Waals surface area contributed by atoms with E-state index in [0.29, 0.717) is 5.82 Å². The zero-order valence-electron chi connectivity index (χ0n) is 55.1. The molecule has 2 aliphatic rings. The number of nitrogens with zero attached hydrogens (tertiary/aromatic N) is 4. The highest BCUT2D eigenvalue weighted by molar-refractivity contribution is 7.00. The molecule has 0 unspecified atom stereocenters. The van der Waals surface area contributed by atoms with Gasteiger partial charge in [-0.15, -0.1) is 0 Å². The molecule has 4 nitrogen and oxygen atoms in total. The van der Waals surface area contributed by atoms with Gasteiger partial charge in [0.05, 0.1) is 11.2 Å². The van der Waals surface area contributed by atoms with Gasteiger partial charge in [-0.1, -0.05) is 261 Å². The summed E-state index contributed by atoms with van der Waals surface area (Å²) in [4.78, 5) is 16.7. The predicted molar refractivity (Wildman–Crippen MR) is 427 cm³/mol. The first-order chi connectivity index (χ1) is 50.0. The molecule has 0 fully saturated rings. The van der Waals surface area contributed by atoms with Gasteiger partial charge in [0.25, 0.3) is 6.71 Å². The molecule has 0 bridgehead atoms. The van der Waals surface area contributed by atoms with Crippen molar-refractivity contribution in [3.63, 3.8) is 0 Å². The minimum atomic E-state index is -0.245. The van der Waals surface area contributed by atoms with Crippen LogP contribution in [-0.2, 0) is 0 Å². The van der Waals surface area contributed by atoms with Crippen molar-refractivity contribution in [1.29, 1.82) is 0 Å². The van der Waals surface area contributed by atoms with Gasteiger partial charge in [-0.2, -0.15) is 0 Å². The molecule has 17 aromatic carbocycles. The second-order valence-corrected chi connectivity index (χ2v) is 26.9. The molecule has 5 heteroatoms. The van der Waals surface area contributed by atoms with Gasteiger partial charge in [-0.3, -0.25) is 0 Å². The second kappa shape index (κ2) is 23.8. The molecular formula is C96H61BN4. The van der Waals surface area contributed by atoms with Gasteiger partial charge in [0, 0.05) is 50.6 Å². The first kappa shape index (κ1) is 58.0. The normalized spacial score (nSPS) is 12.3. The number of benzene rings is 17. The summed E-state index contributed by atoms with van der Waals surface area (Å²) in [5.74, 6) is 0.644. The predicted octanol–water partition coefficient (Wildman–Crippen LogP) is 23.7. The number of rotatable bonds is 10. The number of aromatic nitrogens is 2. The molecule has 0 saturated carbocycles. The van der Waals surface area contributed by atoms with Crippen molar-refractivity contribution in [2.24, 2.45) is 0 Å². The average Bonchev–Trinajstić information content (AvgIpc) is 0.688. The van der Waals surface area contributed by atoms with Gasteiger partial charge >= 0.3 is 0 Å². The summed E-state index contributed by atoms with van der Waals surface area (Å²) in [7, 11) is 0. The van der Waals surface area contributed by atoms with Gasteiger partial charge in [0.15, 0.2) is 5.82 Å². The summed E-state index contributed by atoms with van der Waals surface area (Å²) >= 11 is 0. The minimum absolute atomic E-state index is 0.245. The highest BCUT2D eigenvalue weighted by Crippen LogP contribution is 2.51. The van der Waals surface area contributed by atoms with E-state index in [-0.39, 0.29) is 6.71 Å². The van der Waals surface area contributed by atoms with Crippen molar-refractivity contribution < 1.29 is 0 Å². The second-order valence-electron chi connectivity index (χ2n) is 26.9. The Hall–Kier alpha value is -13.2. The SMILES string of the molecule is c1ccc(-c2cc(-c3ccccc3)cc(-c3nc(-c4cc5c6c(c4)N(c4cc(-c7ccccc7)cc(-c7ccccc7)c4)c4cc7cc8ccccc8cc7cc4B6c4cc6cc7ccccc7cc6cc4N5c4cc(-c5ccccc5)cc(-c5ccccc5)c4)c4ccccc4n3)c2)cc1. The van der Waals surface area contributed by atoms with Crippen molar-refractivity contribution in [3.05, 3.63) is 370 Å². The van der Waals surface area contributed by atoms with Crippen LogP contribution >= 0.6 is 0 Å². The molecule has 0 amide bonds. The lowest BCUT2D eigenvalue weighted by atomic mass is 9.33. The van der Waals surface area contributed by atoms with Gasteiger partial charge < -0.3 is 9.80 Å². The fraction of sp³-hybridized carbons (Fsp3) is 0. The van der Waals surface area contributed by atoms with E-state index in [2.05, 4.69) is 380 Å². The van der Waals surface area contributed by atoms with E-state index in [1.807, 2.05) is 0 Å². The third kappa shape index (κ3) is 10.2. The van der Waals surface area contributed by atoms with Crippen molar-refractivity contribution in [3.8, 4) is 89.4 Å². The summed E-state index contributed by atoms with van der Waals surface area (Å²) in [5.41, 5.74) is 27.2. The highest BCUT2D eigenvalue weighted by Gasteiger charge is 2.45. The number of para-hydroxylation sites is 1. The Morgan fingerprint density at radius 1 is 0.208 bits per heavy atom. The maximum Gasteiger partial charge on any atom is 0.252 e. The molecule has 101 heavy (non-hydrogen) atoms. The number of anilines is 6. The van der Waals surface area contributed by atoms with Gasteiger partial charge in [0.1, 0.15) is 0 Å². The molecule has 1 aromatic heterocycles. The zero-order valence-corrected chi connectivity index (χ0v) is 55.1. The van der Waals surface area contributed by atoms with E-state index < -0.39 is 0 Å². The van der Waals surface area contributed by atoms with Crippen molar-refractivity contribution >= 4 is 111 Å². The van der Waals surface area contributed by atoms with E-state index >= 15 is 0 Å². The summed E-state index contributed by atoms with van der Waals surface area (Å²) in [5, 5.41) is 10.5. The van der Waals surface area contributed by atoms with Gasteiger partial charge in [0.2, 0.25) is 0 Å². The fourth-order valence-corrected chi connectivity index (χ4v) is 16.0. The van der Waals surface area contributed by atoms with E-state index in [1.54, 1.807) is 0 Å².